The second-order valence-electron chi connectivity index (χ2n) is 7.90. The highest BCUT2D eigenvalue weighted by Gasteiger charge is 2.61. The number of carbonyl (C=O) groups is 3. The number of hydrogen-bond acceptors (Lipinski definition) is 4. The van der Waals surface area contributed by atoms with Crippen molar-refractivity contribution in [3.05, 3.63) is 46.6 Å². The zero-order valence-corrected chi connectivity index (χ0v) is 18.0. The molecule has 3 rings (SSSR count). The smallest absolute Gasteiger partial charge is 0.318 e. The van der Waals surface area contributed by atoms with Crippen molar-refractivity contribution in [2.24, 2.45) is 11.3 Å². The molecule has 0 spiro atoms. The van der Waals surface area contributed by atoms with Crippen molar-refractivity contribution in [1.29, 1.82) is 0 Å². The number of nitrogens with zero attached hydrogens (tertiary/aromatic N) is 1. The van der Waals surface area contributed by atoms with E-state index in [1.54, 1.807) is 24.0 Å². The summed E-state index contributed by atoms with van der Waals surface area (Å²) in [5, 5.41) is 10.1. The molecule has 2 aliphatic rings. The van der Waals surface area contributed by atoms with Crippen molar-refractivity contribution in [3.63, 3.8) is 0 Å². The number of hydrogen-bond donors (Lipinski definition) is 1. The van der Waals surface area contributed by atoms with E-state index in [0.717, 1.165) is 31.2 Å². The highest BCUT2D eigenvalue weighted by atomic mass is 35.5. The third-order valence-electron chi connectivity index (χ3n) is 6.08. The summed E-state index contributed by atoms with van der Waals surface area (Å²) in [5.41, 5.74) is 0.430. The summed E-state index contributed by atoms with van der Waals surface area (Å²) >= 11 is 5.96. The maximum atomic E-state index is 13.4. The molecule has 1 aromatic rings. The van der Waals surface area contributed by atoms with E-state index in [4.69, 9.17) is 16.3 Å². The topological polar surface area (TPSA) is 83.9 Å². The Balaban J connectivity index is 1.99. The number of ether oxygens (including phenoxy) is 1. The van der Waals surface area contributed by atoms with E-state index in [9.17, 15) is 19.5 Å². The quantitative estimate of drug-likeness (QED) is 0.651. The molecule has 7 heteroatoms. The van der Waals surface area contributed by atoms with Gasteiger partial charge in [0, 0.05) is 17.3 Å². The first-order chi connectivity index (χ1) is 14.4. The zero-order chi connectivity index (χ0) is 21.7. The summed E-state index contributed by atoms with van der Waals surface area (Å²) in [4.78, 5) is 39.9. The van der Waals surface area contributed by atoms with Crippen LogP contribution in [-0.4, -0.2) is 41.0 Å². The largest absolute Gasteiger partial charge is 0.481 e. The minimum Gasteiger partial charge on any atom is -0.481 e. The van der Waals surface area contributed by atoms with Crippen molar-refractivity contribution in [3.8, 4) is 0 Å². The third kappa shape index (κ3) is 4.38. The Kier molecular flexibility index (Phi) is 7.19. The lowest BCUT2D eigenvalue weighted by molar-refractivity contribution is -0.159. The Morgan fingerprint density at radius 3 is 2.63 bits per heavy atom. The number of benzene rings is 1. The average molecular weight is 434 g/mol. The van der Waals surface area contributed by atoms with Crippen molar-refractivity contribution in [1.82, 2.24) is 4.90 Å². The second kappa shape index (κ2) is 9.65. The van der Waals surface area contributed by atoms with Crippen molar-refractivity contribution < 1.29 is 24.2 Å². The molecule has 1 N–H and O–H groups in total. The molecule has 1 aliphatic carbocycles. The van der Waals surface area contributed by atoms with Gasteiger partial charge in [-0.15, -0.1) is 0 Å². The summed E-state index contributed by atoms with van der Waals surface area (Å²) in [7, 11) is 0. The highest BCUT2D eigenvalue weighted by Crippen LogP contribution is 2.52. The van der Waals surface area contributed by atoms with Gasteiger partial charge < -0.3 is 14.7 Å². The number of carboxylic acid groups (broad SMARTS) is 1. The molecule has 1 amide bonds. The number of likely N-dealkylation sites (tertiary alicyclic amines) is 1. The van der Waals surface area contributed by atoms with E-state index in [0.29, 0.717) is 30.1 Å². The van der Waals surface area contributed by atoms with Crippen LogP contribution in [0.25, 0.3) is 0 Å². The number of fused-ring (bicyclic) bond motifs is 1. The molecule has 1 aromatic carbocycles. The van der Waals surface area contributed by atoms with E-state index in [-0.39, 0.29) is 18.9 Å². The molecule has 30 heavy (non-hydrogen) atoms. The Morgan fingerprint density at radius 2 is 1.97 bits per heavy atom. The molecule has 1 saturated heterocycles. The lowest BCUT2D eigenvalue weighted by Gasteiger charge is -2.34. The molecule has 0 radical (unpaired) electrons. The molecule has 6 nitrogen and oxygen atoms in total. The first-order valence-electron chi connectivity index (χ1n) is 10.6. The standard InChI is InChI=1S/C23H28ClNO5/c1-2-30-22(29)23-13-6-4-3-5-7-19(23)25(21(28)18(23)15-20(26)27)14-12-16-8-10-17(24)11-9-16/h7-11,18H,2-6,12-15H2,1H3,(H,26,27)/b19-7+/t18-,23-/m0/s1. The van der Waals surface area contributed by atoms with E-state index in [1.807, 2.05) is 18.2 Å². The number of halogens is 1. The van der Waals surface area contributed by atoms with Gasteiger partial charge >= 0.3 is 11.9 Å². The monoisotopic (exact) mass is 433 g/mol. The Bertz CT molecular complexity index is 835. The number of aliphatic carboxylic acids is 1. The summed E-state index contributed by atoms with van der Waals surface area (Å²) in [6.07, 6.45) is 6.00. The molecule has 0 bridgehead atoms. The van der Waals surface area contributed by atoms with Gasteiger partial charge in [0.25, 0.3) is 0 Å². The van der Waals surface area contributed by atoms with Crippen LogP contribution in [0.15, 0.2) is 36.0 Å². The van der Waals surface area contributed by atoms with E-state index in [1.165, 1.54) is 0 Å². The normalized spacial score (nSPS) is 25.7. The van der Waals surface area contributed by atoms with Gasteiger partial charge in [0.05, 0.1) is 18.9 Å². The van der Waals surface area contributed by atoms with Gasteiger partial charge in [-0.2, -0.15) is 0 Å². The predicted octanol–water partition coefficient (Wildman–Crippen LogP) is 4.21. The van der Waals surface area contributed by atoms with Gasteiger partial charge in [-0.25, -0.2) is 0 Å². The van der Waals surface area contributed by atoms with Crippen LogP contribution in [0.3, 0.4) is 0 Å². The number of carbonyl (C=O) groups excluding carboxylic acids is 2. The van der Waals surface area contributed by atoms with E-state index < -0.39 is 23.3 Å². The lowest BCUT2D eigenvalue weighted by atomic mass is 9.69. The number of esters is 1. The Morgan fingerprint density at radius 1 is 1.23 bits per heavy atom. The van der Waals surface area contributed by atoms with Crippen LogP contribution in [0.1, 0.15) is 51.0 Å². The lowest BCUT2D eigenvalue weighted by Crippen LogP contribution is -2.41. The SMILES string of the molecule is CCOC(=O)[C@]12CCCCC/C=C\1N(CCc1ccc(Cl)cc1)C(=O)[C@@H]2CC(=O)O. The Labute approximate surface area is 181 Å². The summed E-state index contributed by atoms with van der Waals surface area (Å²) in [6, 6.07) is 7.41. The fourth-order valence-electron chi connectivity index (χ4n) is 4.66. The Hall–Kier alpha value is -2.34. The average Bonchev–Trinajstić information content (AvgIpc) is 2.89. The molecule has 1 fully saturated rings. The summed E-state index contributed by atoms with van der Waals surface area (Å²) in [5.74, 6) is -2.80. The van der Waals surface area contributed by atoms with Gasteiger partial charge in [0.2, 0.25) is 5.91 Å². The van der Waals surface area contributed by atoms with Crippen LogP contribution >= 0.6 is 11.6 Å². The number of carboxylic acids is 1. The van der Waals surface area contributed by atoms with Crippen LogP contribution in [0.4, 0.5) is 0 Å². The predicted molar refractivity (Wildman–Crippen MR) is 113 cm³/mol. The van der Waals surface area contributed by atoms with Crippen molar-refractivity contribution in [2.45, 2.75) is 51.9 Å². The molecule has 0 unspecified atom stereocenters. The minimum atomic E-state index is -1.22. The molecule has 162 valence electrons. The van der Waals surface area contributed by atoms with E-state index >= 15 is 0 Å². The zero-order valence-electron chi connectivity index (χ0n) is 17.2. The van der Waals surface area contributed by atoms with Crippen LogP contribution in [0, 0.1) is 11.3 Å². The van der Waals surface area contributed by atoms with Crippen molar-refractivity contribution >= 4 is 29.4 Å². The maximum Gasteiger partial charge on any atom is 0.318 e. The van der Waals surface area contributed by atoms with Crippen LogP contribution in [-0.2, 0) is 25.5 Å². The maximum absolute atomic E-state index is 13.4. The fraction of sp³-hybridized carbons (Fsp3) is 0.522. The first kappa shape index (κ1) is 22.3. The molecule has 0 aromatic heterocycles. The van der Waals surface area contributed by atoms with Gasteiger partial charge in [-0.05, 0) is 50.3 Å². The van der Waals surface area contributed by atoms with Gasteiger partial charge in [-0.3, -0.25) is 14.4 Å². The molecule has 0 saturated carbocycles. The van der Waals surface area contributed by atoms with Crippen LogP contribution in [0.2, 0.25) is 5.02 Å². The first-order valence-corrected chi connectivity index (χ1v) is 10.9. The minimum absolute atomic E-state index is 0.187. The summed E-state index contributed by atoms with van der Waals surface area (Å²) in [6.45, 7) is 2.29. The number of amides is 1. The molecule has 2 atom stereocenters. The number of rotatable bonds is 7. The molecular weight excluding hydrogens is 406 g/mol. The van der Waals surface area contributed by atoms with Gasteiger partial charge in [-0.1, -0.05) is 42.7 Å². The molecular formula is C23H28ClNO5. The van der Waals surface area contributed by atoms with Crippen LogP contribution in [0.5, 0.6) is 0 Å². The van der Waals surface area contributed by atoms with Gasteiger partial charge in [0.15, 0.2) is 0 Å². The van der Waals surface area contributed by atoms with E-state index in [2.05, 4.69) is 0 Å². The van der Waals surface area contributed by atoms with Crippen LogP contribution < -0.4 is 0 Å². The second-order valence-corrected chi connectivity index (χ2v) is 8.33. The van der Waals surface area contributed by atoms with Crippen molar-refractivity contribution in [2.75, 3.05) is 13.2 Å². The highest BCUT2D eigenvalue weighted by molar-refractivity contribution is 6.30. The fourth-order valence-corrected chi connectivity index (χ4v) is 4.79. The van der Waals surface area contributed by atoms with Gasteiger partial charge in [0.1, 0.15) is 5.41 Å². The molecule has 1 heterocycles. The third-order valence-corrected chi connectivity index (χ3v) is 6.33. The number of allylic oxidation sites excluding steroid dienone is 1. The molecule has 1 aliphatic heterocycles. The summed E-state index contributed by atoms with van der Waals surface area (Å²) < 4.78 is 5.40.